The van der Waals surface area contributed by atoms with Crippen LogP contribution < -0.4 is 0 Å². The zero-order valence-electron chi connectivity index (χ0n) is 10.8. The lowest BCUT2D eigenvalue weighted by atomic mass is 10.1. The molecular formula is C18H17Cl. The van der Waals surface area contributed by atoms with Gasteiger partial charge in [0.25, 0.3) is 0 Å². The molecule has 0 heterocycles. The average molecular weight is 269 g/mol. The van der Waals surface area contributed by atoms with E-state index in [1.54, 1.807) is 0 Å². The Kier molecular flexibility index (Phi) is 4.59. The van der Waals surface area contributed by atoms with E-state index in [0.29, 0.717) is 0 Å². The minimum Gasteiger partial charge on any atom is -0.147 e. The largest absolute Gasteiger partial charge is 0.147 e. The normalized spacial score (nSPS) is 13.1. The van der Waals surface area contributed by atoms with Crippen molar-refractivity contribution in [3.63, 3.8) is 0 Å². The molecule has 0 spiro atoms. The van der Waals surface area contributed by atoms with Crippen LogP contribution in [-0.4, -0.2) is 0 Å². The minimum absolute atomic E-state index is 0. The molecule has 96 valence electrons. The molecular weight excluding hydrogens is 252 g/mol. The molecule has 0 aromatic heterocycles. The highest BCUT2D eigenvalue weighted by molar-refractivity contribution is 5.85. The molecule has 0 unspecified atom stereocenters. The molecule has 0 saturated carbocycles. The first-order valence-electron chi connectivity index (χ1n) is 6.42. The molecule has 4 rings (SSSR count). The number of halogens is 1. The third kappa shape index (κ3) is 3.15. The lowest BCUT2D eigenvalue weighted by Gasteiger charge is -1.93. The van der Waals surface area contributed by atoms with E-state index >= 15 is 0 Å². The summed E-state index contributed by atoms with van der Waals surface area (Å²) in [5.41, 5.74) is 5.69. The van der Waals surface area contributed by atoms with Crippen molar-refractivity contribution in [2.24, 2.45) is 0 Å². The van der Waals surface area contributed by atoms with E-state index in [2.05, 4.69) is 72.8 Å². The van der Waals surface area contributed by atoms with Gasteiger partial charge in [-0.3, -0.25) is 0 Å². The highest BCUT2D eigenvalue weighted by Gasteiger charge is 2.00. The molecule has 1 heteroatoms. The predicted molar refractivity (Wildman–Crippen MR) is 85.6 cm³/mol. The van der Waals surface area contributed by atoms with E-state index in [9.17, 15) is 0 Å². The molecule has 19 heavy (non-hydrogen) atoms. The van der Waals surface area contributed by atoms with Crippen molar-refractivity contribution < 1.29 is 0 Å². The number of hydrogen-bond donors (Lipinski definition) is 0. The van der Waals surface area contributed by atoms with Crippen LogP contribution in [0.4, 0.5) is 0 Å². The highest BCUT2D eigenvalue weighted by Crippen LogP contribution is 2.18. The topological polar surface area (TPSA) is 0 Å². The Labute approximate surface area is 120 Å². The zero-order valence-corrected chi connectivity index (χ0v) is 11.6. The minimum atomic E-state index is 0. The smallest absolute Gasteiger partial charge is 0.00882 e. The molecule has 0 nitrogen and oxygen atoms in total. The van der Waals surface area contributed by atoms with Gasteiger partial charge in [0, 0.05) is 0 Å². The summed E-state index contributed by atoms with van der Waals surface area (Å²) < 4.78 is 0. The van der Waals surface area contributed by atoms with E-state index in [1.807, 2.05) is 0 Å². The van der Waals surface area contributed by atoms with Crippen LogP contribution in [0.3, 0.4) is 0 Å². The van der Waals surface area contributed by atoms with Gasteiger partial charge in [-0.2, -0.15) is 0 Å². The fraction of sp³-hybridized carbons (Fsp3) is 0.111. The summed E-state index contributed by atoms with van der Waals surface area (Å²) in [7, 11) is 0. The zero-order chi connectivity index (χ0) is 12.2. The quantitative estimate of drug-likeness (QED) is 0.635. The summed E-state index contributed by atoms with van der Waals surface area (Å²) in [4.78, 5) is 0. The summed E-state index contributed by atoms with van der Waals surface area (Å²) >= 11 is 0. The highest BCUT2D eigenvalue weighted by atomic mass is 35.5. The van der Waals surface area contributed by atoms with Gasteiger partial charge in [0.05, 0.1) is 0 Å². The van der Waals surface area contributed by atoms with Gasteiger partial charge in [-0.1, -0.05) is 72.8 Å². The Morgan fingerprint density at radius 2 is 1.00 bits per heavy atom. The maximum Gasteiger partial charge on any atom is -0.00882 e. The van der Waals surface area contributed by atoms with Crippen LogP contribution in [-0.2, 0) is 12.8 Å². The van der Waals surface area contributed by atoms with Crippen LogP contribution in [0.5, 0.6) is 0 Å². The van der Waals surface area contributed by atoms with Crippen molar-refractivity contribution in [2.45, 2.75) is 12.8 Å². The summed E-state index contributed by atoms with van der Waals surface area (Å²) in [5, 5.41) is 0. The van der Waals surface area contributed by atoms with Gasteiger partial charge in [-0.05, 0) is 35.1 Å². The number of fused-ring (bicyclic) bond motifs is 2. The Balaban J connectivity index is 0.000000133. The van der Waals surface area contributed by atoms with Crippen molar-refractivity contribution in [3.8, 4) is 0 Å². The second-order valence-corrected chi connectivity index (χ2v) is 4.61. The molecule has 0 N–H and O–H groups in total. The van der Waals surface area contributed by atoms with Crippen molar-refractivity contribution in [1.29, 1.82) is 0 Å². The third-order valence-corrected chi connectivity index (χ3v) is 3.38. The first-order valence-corrected chi connectivity index (χ1v) is 6.42. The van der Waals surface area contributed by atoms with Crippen LogP contribution in [0.15, 0.2) is 60.7 Å². The van der Waals surface area contributed by atoms with E-state index in [4.69, 9.17) is 0 Å². The molecule has 2 aliphatic rings. The lowest BCUT2D eigenvalue weighted by molar-refractivity contribution is 1.31. The summed E-state index contributed by atoms with van der Waals surface area (Å²) in [6.07, 6.45) is 11.0. The van der Waals surface area contributed by atoms with E-state index in [-0.39, 0.29) is 12.4 Å². The van der Waals surface area contributed by atoms with E-state index in [0.717, 1.165) is 12.8 Å². The van der Waals surface area contributed by atoms with Gasteiger partial charge in [0.2, 0.25) is 0 Å². The molecule has 2 aliphatic carbocycles. The van der Waals surface area contributed by atoms with Crippen molar-refractivity contribution in [3.05, 3.63) is 82.9 Å². The van der Waals surface area contributed by atoms with Crippen molar-refractivity contribution in [2.75, 3.05) is 0 Å². The molecule has 0 aliphatic heterocycles. The predicted octanol–water partition coefficient (Wildman–Crippen LogP) is 4.93. The fourth-order valence-corrected chi connectivity index (χ4v) is 2.39. The number of benzene rings is 2. The first-order chi connectivity index (χ1) is 8.93. The van der Waals surface area contributed by atoms with Crippen LogP contribution >= 0.6 is 12.4 Å². The SMILES string of the molecule is C1=Cc2ccccc2C1.C1=Cc2ccccc2C1.Cl. The van der Waals surface area contributed by atoms with Crippen LogP contribution in [0.2, 0.25) is 0 Å². The molecule has 0 fully saturated rings. The van der Waals surface area contributed by atoms with Crippen molar-refractivity contribution >= 4 is 24.6 Å². The van der Waals surface area contributed by atoms with Crippen LogP contribution in [0.1, 0.15) is 22.3 Å². The number of rotatable bonds is 0. The Hall–Kier alpha value is -1.79. The molecule has 0 amide bonds. The van der Waals surface area contributed by atoms with Crippen molar-refractivity contribution in [1.82, 2.24) is 0 Å². The Morgan fingerprint density at radius 1 is 0.579 bits per heavy atom. The molecule has 0 bridgehead atoms. The van der Waals surface area contributed by atoms with Gasteiger partial charge in [0.15, 0.2) is 0 Å². The van der Waals surface area contributed by atoms with Gasteiger partial charge in [0.1, 0.15) is 0 Å². The van der Waals surface area contributed by atoms with Gasteiger partial charge < -0.3 is 0 Å². The summed E-state index contributed by atoms with van der Waals surface area (Å²) in [6, 6.07) is 17.0. The third-order valence-electron chi connectivity index (χ3n) is 3.38. The summed E-state index contributed by atoms with van der Waals surface area (Å²) in [5.74, 6) is 0. The fourth-order valence-electron chi connectivity index (χ4n) is 2.39. The average Bonchev–Trinajstić information content (AvgIpc) is 3.08. The Morgan fingerprint density at radius 3 is 1.42 bits per heavy atom. The molecule has 0 radical (unpaired) electrons. The second kappa shape index (κ2) is 6.40. The lowest BCUT2D eigenvalue weighted by Crippen LogP contribution is -1.76. The standard InChI is InChI=1S/2C9H8.ClH/c2*1-2-5-9-7-3-6-8(9)4-1;/h2*1-6H,7H2;1H. The van der Waals surface area contributed by atoms with Crippen LogP contribution in [0.25, 0.3) is 12.2 Å². The maximum absolute atomic E-state index is 2.20. The maximum atomic E-state index is 2.20. The monoisotopic (exact) mass is 268 g/mol. The van der Waals surface area contributed by atoms with E-state index in [1.165, 1.54) is 22.3 Å². The van der Waals surface area contributed by atoms with Gasteiger partial charge in [-0.25, -0.2) is 0 Å². The number of hydrogen-bond acceptors (Lipinski definition) is 0. The molecule has 2 aromatic carbocycles. The Bertz CT molecular complexity index is 553. The van der Waals surface area contributed by atoms with Gasteiger partial charge >= 0.3 is 0 Å². The number of allylic oxidation sites excluding steroid dienone is 2. The summed E-state index contributed by atoms with van der Waals surface area (Å²) in [6.45, 7) is 0. The van der Waals surface area contributed by atoms with Crippen LogP contribution in [0, 0.1) is 0 Å². The van der Waals surface area contributed by atoms with Gasteiger partial charge in [-0.15, -0.1) is 12.4 Å². The first kappa shape index (κ1) is 13.6. The van der Waals surface area contributed by atoms with E-state index < -0.39 is 0 Å². The molecule has 0 saturated heterocycles. The molecule has 2 aromatic rings. The second-order valence-electron chi connectivity index (χ2n) is 4.61. The molecule has 0 atom stereocenters.